The molecule has 0 bridgehead atoms. The van der Waals surface area contributed by atoms with Crippen LogP contribution in [0.5, 0.6) is 0 Å². The maximum atomic E-state index is 10.3. The summed E-state index contributed by atoms with van der Waals surface area (Å²) in [6.07, 6.45) is 7.13. The Morgan fingerprint density at radius 1 is 1.04 bits per heavy atom. The summed E-state index contributed by atoms with van der Waals surface area (Å²) in [4.78, 5) is 10.3. The number of unbranched alkanes of at least 4 members (excludes halogenated alkanes) is 8. The summed E-state index contributed by atoms with van der Waals surface area (Å²) in [6, 6.07) is 0. The molecule has 0 aromatic rings. The number of carbonyl (C=O) groups excluding carboxylic acids is 1. The van der Waals surface area contributed by atoms with Gasteiger partial charge in [-0.1, -0.05) is 51.4 Å². The van der Waals surface area contributed by atoms with E-state index in [4.69, 9.17) is 9.47 Å². The topological polar surface area (TPSA) is 119 Å². The van der Waals surface area contributed by atoms with Crippen molar-refractivity contribution in [1.29, 1.82) is 0 Å². The Labute approximate surface area is 162 Å². The Hall–Kier alpha value is -0.730. The van der Waals surface area contributed by atoms with Gasteiger partial charge in [-0.25, -0.2) is 0 Å². The highest BCUT2D eigenvalue weighted by atomic mass is 16.7. The third-order valence-electron chi connectivity index (χ3n) is 5.05. The molecule has 0 aromatic carbocycles. The number of carbonyl (C=O) groups is 1. The normalized spacial score (nSPS) is 26.8. The van der Waals surface area contributed by atoms with Crippen molar-refractivity contribution in [3.05, 3.63) is 0 Å². The van der Waals surface area contributed by atoms with Crippen molar-refractivity contribution in [2.24, 2.45) is 0 Å². The van der Waals surface area contributed by atoms with Crippen molar-refractivity contribution in [3.8, 4) is 0 Å². The minimum Gasteiger partial charge on any atom is -0.550 e. The molecule has 1 heterocycles. The van der Waals surface area contributed by atoms with Crippen LogP contribution < -0.4 is 5.11 Å². The second-order valence-corrected chi connectivity index (χ2v) is 7.65. The predicted molar refractivity (Wildman–Crippen MR) is 98.7 cm³/mol. The first-order valence-electron chi connectivity index (χ1n) is 10.4. The summed E-state index contributed by atoms with van der Waals surface area (Å²) in [5.41, 5.74) is 0. The first kappa shape index (κ1) is 24.3. The van der Waals surface area contributed by atoms with Crippen LogP contribution in [0.3, 0.4) is 0 Å². The zero-order valence-corrected chi connectivity index (χ0v) is 16.6. The molecule has 1 aliphatic rings. The van der Waals surface area contributed by atoms with Crippen LogP contribution in [0.15, 0.2) is 0 Å². The van der Waals surface area contributed by atoms with E-state index in [9.17, 15) is 25.2 Å². The van der Waals surface area contributed by atoms with E-state index >= 15 is 0 Å². The van der Waals surface area contributed by atoms with Crippen LogP contribution >= 0.6 is 0 Å². The van der Waals surface area contributed by atoms with Crippen molar-refractivity contribution in [1.82, 2.24) is 0 Å². The molecule has 0 aromatic heterocycles. The van der Waals surface area contributed by atoms with Crippen molar-refractivity contribution >= 4 is 5.97 Å². The third-order valence-corrected chi connectivity index (χ3v) is 5.05. The zero-order valence-electron chi connectivity index (χ0n) is 16.6. The molecule has 0 radical (unpaired) electrons. The van der Waals surface area contributed by atoms with Gasteiger partial charge in [0.15, 0.2) is 6.29 Å². The molecule has 1 rings (SSSR count). The Kier molecular flexibility index (Phi) is 12.9. The van der Waals surface area contributed by atoms with E-state index in [0.717, 1.165) is 44.9 Å². The smallest absolute Gasteiger partial charge is 0.183 e. The van der Waals surface area contributed by atoms with Crippen molar-refractivity contribution < 1.29 is 34.7 Å². The number of ether oxygens (including phenoxy) is 2. The molecule has 27 heavy (non-hydrogen) atoms. The van der Waals surface area contributed by atoms with E-state index in [-0.39, 0.29) is 12.5 Å². The summed E-state index contributed by atoms with van der Waals surface area (Å²) in [6.45, 7) is 2.33. The van der Waals surface area contributed by atoms with Gasteiger partial charge in [0.1, 0.15) is 6.10 Å². The second-order valence-electron chi connectivity index (χ2n) is 7.65. The molecule has 1 saturated heterocycles. The summed E-state index contributed by atoms with van der Waals surface area (Å²) >= 11 is 0. The summed E-state index contributed by atoms with van der Waals surface area (Å²) in [5, 5.41) is 39.2. The van der Waals surface area contributed by atoms with Crippen LogP contribution in [0.25, 0.3) is 0 Å². The number of aliphatic carboxylic acids is 1. The van der Waals surface area contributed by atoms with Gasteiger partial charge < -0.3 is 34.7 Å². The molecule has 0 spiro atoms. The lowest BCUT2D eigenvalue weighted by Gasteiger charge is -2.35. The van der Waals surface area contributed by atoms with Crippen LogP contribution in [0, 0.1) is 0 Å². The molecule has 160 valence electrons. The van der Waals surface area contributed by atoms with Gasteiger partial charge in [0.05, 0.1) is 18.3 Å². The largest absolute Gasteiger partial charge is 0.550 e. The van der Waals surface area contributed by atoms with Crippen LogP contribution in [-0.2, 0) is 14.3 Å². The highest BCUT2D eigenvalue weighted by Gasteiger charge is 2.34. The SMILES string of the molecule is C[C@@H]1O[C@@H](OCCCCCCCCCCC[C@@H](O)CC(=O)[O-])[C@H](O)C[C@H]1O. The predicted octanol–water partition coefficient (Wildman–Crippen LogP) is 1.26. The number of hydrogen-bond donors (Lipinski definition) is 3. The maximum Gasteiger partial charge on any atom is 0.183 e. The third kappa shape index (κ3) is 11.7. The fourth-order valence-corrected chi connectivity index (χ4v) is 3.31. The first-order valence-corrected chi connectivity index (χ1v) is 10.4. The molecular formula is C20H37O7-. The monoisotopic (exact) mass is 389 g/mol. The second kappa shape index (κ2) is 14.3. The molecule has 7 nitrogen and oxygen atoms in total. The standard InChI is InChI=1S/C20H38O7/c1-15-17(22)14-18(23)20(27-15)26-12-10-8-6-4-2-3-5-7-9-11-16(21)13-19(24)25/h15-18,20-23H,2-14H2,1H3,(H,24,25)/p-1/t15-,16+,17+,18+,20+/m0/s1. The fraction of sp³-hybridized carbons (Fsp3) is 0.950. The van der Waals surface area contributed by atoms with Crippen molar-refractivity contribution in [2.75, 3.05) is 6.61 Å². The van der Waals surface area contributed by atoms with E-state index in [1.165, 1.54) is 12.8 Å². The quantitative estimate of drug-likeness (QED) is 0.361. The Morgan fingerprint density at radius 2 is 1.59 bits per heavy atom. The van der Waals surface area contributed by atoms with Gasteiger partial charge >= 0.3 is 0 Å². The minimum atomic E-state index is -1.19. The van der Waals surface area contributed by atoms with E-state index in [1.807, 2.05) is 0 Å². The molecular weight excluding hydrogens is 352 g/mol. The van der Waals surface area contributed by atoms with E-state index < -0.39 is 30.6 Å². The summed E-state index contributed by atoms with van der Waals surface area (Å²) in [7, 11) is 0. The number of carboxylic acid groups (broad SMARTS) is 1. The average molecular weight is 390 g/mol. The Morgan fingerprint density at radius 3 is 2.19 bits per heavy atom. The minimum absolute atomic E-state index is 0.267. The van der Waals surface area contributed by atoms with Gasteiger partial charge in [-0.3, -0.25) is 0 Å². The van der Waals surface area contributed by atoms with Gasteiger partial charge in [0, 0.05) is 25.4 Å². The van der Waals surface area contributed by atoms with E-state index in [2.05, 4.69) is 0 Å². The van der Waals surface area contributed by atoms with Crippen LogP contribution in [0.4, 0.5) is 0 Å². The highest BCUT2D eigenvalue weighted by molar-refractivity contribution is 5.64. The Bertz CT molecular complexity index is 391. The highest BCUT2D eigenvalue weighted by Crippen LogP contribution is 2.21. The molecule has 1 aliphatic heterocycles. The Balaban J connectivity index is 1.85. The van der Waals surface area contributed by atoms with Crippen molar-refractivity contribution in [2.45, 2.75) is 115 Å². The van der Waals surface area contributed by atoms with Gasteiger partial charge in [0.25, 0.3) is 0 Å². The molecule has 0 saturated carbocycles. The molecule has 7 heteroatoms. The number of aliphatic hydroxyl groups is 3. The molecule has 3 N–H and O–H groups in total. The molecule has 0 aliphatic carbocycles. The van der Waals surface area contributed by atoms with Gasteiger partial charge in [-0.05, 0) is 19.8 Å². The van der Waals surface area contributed by atoms with Crippen molar-refractivity contribution in [3.63, 3.8) is 0 Å². The number of rotatable bonds is 15. The molecule has 1 fully saturated rings. The van der Waals surface area contributed by atoms with Crippen LogP contribution in [0.1, 0.15) is 84.0 Å². The number of aliphatic hydroxyl groups excluding tert-OH is 3. The average Bonchev–Trinajstić information content (AvgIpc) is 2.59. The molecule has 5 atom stereocenters. The maximum absolute atomic E-state index is 10.3. The fourth-order valence-electron chi connectivity index (χ4n) is 3.31. The molecule has 0 unspecified atom stereocenters. The van der Waals surface area contributed by atoms with Gasteiger partial charge in [0.2, 0.25) is 0 Å². The lowest BCUT2D eigenvalue weighted by atomic mass is 10.0. The van der Waals surface area contributed by atoms with Gasteiger partial charge in [-0.15, -0.1) is 0 Å². The van der Waals surface area contributed by atoms with Crippen LogP contribution in [-0.4, -0.2) is 58.6 Å². The van der Waals surface area contributed by atoms with E-state index in [0.29, 0.717) is 19.4 Å². The first-order chi connectivity index (χ1) is 12.9. The van der Waals surface area contributed by atoms with Crippen LogP contribution in [0.2, 0.25) is 0 Å². The summed E-state index contributed by atoms with van der Waals surface area (Å²) < 4.78 is 11.1. The number of hydrogen-bond acceptors (Lipinski definition) is 7. The lowest BCUT2D eigenvalue weighted by Crippen LogP contribution is -2.47. The number of carboxylic acids is 1. The molecule has 0 amide bonds. The van der Waals surface area contributed by atoms with E-state index in [1.54, 1.807) is 6.92 Å². The van der Waals surface area contributed by atoms with Gasteiger partial charge in [-0.2, -0.15) is 0 Å². The summed E-state index contributed by atoms with van der Waals surface area (Å²) in [5.74, 6) is -1.19. The zero-order chi connectivity index (χ0) is 20.1. The lowest BCUT2D eigenvalue weighted by molar-refractivity contribution is -0.307.